The van der Waals surface area contributed by atoms with Crippen molar-refractivity contribution >= 4 is 23.0 Å². The lowest BCUT2D eigenvalue weighted by Gasteiger charge is -2.33. The van der Waals surface area contributed by atoms with Crippen LogP contribution in [0.5, 0.6) is 0 Å². The number of carbonyl (C=O) groups is 2. The molecule has 3 heterocycles. The Morgan fingerprint density at radius 1 is 1.14 bits per heavy atom. The van der Waals surface area contributed by atoms with Gasteiger partial charge in [-0.3, -0.25) is 14.6 Å². The maximum Gasteiger partial charge on any atom is 0.299 e. The Kier molecular flexibility index (Phi) is 5.82. The van der Waals surface area contributed by atoms with Gasteiger partial charge in [-0.25, -0.2) is 4.98 Å². The number of amides is 1. The van der Waals surface area contributed by atoms with Crippen molar-refractivity contribution in [1.82, 2.24) is 14.9 Å². The second kappa shape index (κ2) is 8.66. The first-order valence-corrected chi connectivity index (χ1v) is 10.8. The van der Waals surface area contributed by atoms with Crippen LogP contribution in [0.2, 0.25) is 0 Å². The number of piperidine rings is 1. The van der Waals surface area contributed by atoms with Crippen molar-refractivity contribution in [3.05, 3.63) is 34.8 Å². The molecule has 0 aromatic carbocycles. The molecule has 144 valence electrons. The quantitative estimate of drug-likeness (QED) is 0.723. The minimum atomic E-state index is -0.115. The van der Waals surface area contributed by atoms with E-state index in [9.17, 15) is 9.59 Å². The number of carbonyl (C=O) groups excluding carboxylic acids is 2. The topological polar surface area (TPSA) is 63.2 Å². The second-order valence-corrected chi connectivity index (χ2v) is 8.27. The number of pyridine rings is 1. The van der Waals surface area contributed by atoms with Gasteiger partial charge in [0.1, 0.15) is 10.8 Å². The molecular weight excluding hydrogens is 370 g/mol. The highest BCUT2D eigenvalue weighted by molar-refractivity contribution is 7.10. The molecule has 28 heavy (non-hydrogen) atoms. The highest BCUT2D eigenvalue weighted by Gasteiger charge is 2.29. The van der Waals surface area contributed by atoms with Gasteiger partial charge < -0.3 is 4.90 Å². The van der Waals surface area contributed by atoms with E-state index >= 15 is 0 Å². The first-order chi connectivity index (χ1) is 13.7. The van der Waals surface area contributed by atoms with E-state index < -0.39 is 0 Å². The fraction of sp³-hybridized carbons (Fsp3) is 0.455. The number of nitrogens with zero attached hydrogens (tertiary/aromatic N) is 3. The van der Waals surface area contributed by atoms with E-state index in [1.54, 1.807) is 17.5 Å². The number of hydrogen-bond acceptors (Lipinski definition) is 5. The molecule has 1 aliphatic heterocycles. The summed E-state index contributed by atoms with van der Waals surface area (Å²) in [5, 5.41) is 2.97. The van der Waals surface area contributed by atoms with E-state index in [4.69, 9.17) is 4.98 Å². The van der Waals surface area contributed by atoms with Gasteiger partial charge in [0.05, 0.1) is 17.4 Å². The summed E-state index contributed by atoms with van der Waals surface area (Å²) in [5.74, 6) is 6.35. The number of likely N-dealkylation sites (tertiary alicyclic amines) is 1. The highest BCUT2D eigenvalue weighted by atomic mass is 32.1. The molecular formula is C22H23N3O2S. The van der Waals surface area contributed by atoms with Gasteiger partial charge in [-0.2, -0.15) is 0 Å². The van der Waals surface area contributed by atoms with Crippen molar-refractivity contribution < 1.29 is 9.59 Å². The first-order valence-electron chi connectivity index (χ1n) is 9.91. The van der Waals surface area contributed by atoms with Crippen molar-refractivity contribution in [2.75, 3.05) is 6.54 Å². The molecule has 2 aromatic heterocycles. The first kappa shape index (κ1) is 18.8. The zero-order chi connectivity index (χ0) is 19.3. The Hall–Kier alpha value is -2.52. The molecule has 4 rings (SSSR count). The largest absolute Gasteiger partial charge is 0.322 e. The van der Waals surface area contributed by atoms with Crippen LogP contribution in [0.3, 0.4) is 0 Å². The van der Waals surface area contributed by atoms with Crippen LogP contribution in [0.4, 0.5) is 0 Å². The number of ketones is 1. The maximum atomic E-state index is 12.8. The van der Waals surface area contributed by atoms with E-state index in [2.05, 4.69) is 16.8 Å². The summed E-state index contributed by atoms with van der Waals surface area (Å²) in [6.07, 6.45) is 7.51. The summed E-state index contributed by atoms with van der Waals surface area (Å²) in [7, 11) is 0. The van der Waals surface area contributed by atoms with E-state index in [1.165, 1.54) is 0 Å². The van der Waals surface area contributed by atoms with Gasteiger partial charge in [0.15, 0.2) is 0 Å². The maximum absolute atomic E-state index is 12.8. The lowest BCUT2D eigenvalue weighted by atomic mass is 9.89. The SMILES string of the molecule is O=C1CCC(C#CC(=O)N2CCCCC2c2nc(-c3ccccn3)cs2)CC1. The third-order valence-corrected chi connectivity index (χ3v) is 6.37. The number of Topliss-reactive ketones (excluding diaryl/α,β-unsaturated/α-hetero) is 1. The fourth-order valence-corrected chi connectivity index (χ4v) is 4.78. The lowest BCUT2D eigenvalue weighted by molar-refractivity contribution is -0.128. The highest BCUT2D eigenvalue weighted by Crippen LogP contribution is 2.34. The summed E-state index contributed by atoms with van der Waals surface area (Å²) >= 11 is 1.59. The molecule has 0 bridgehead atoms. The van der Waals surface area contributed by atoms with Gasteiger partial charge in [0.25, 0.3) is 5.91 Å². The Morgan fingerprint density at radius 3 is 2.79 bits per heavy atom. The smallest absolute Gasteiger partial charge is 0.299 e. The van der Waals surface area contributed by atoms with Crippen molar-refractivity contribution in [1.29, 1.82) is 0 Å². The molecule has 5 nitrogen and oxygen atoms in total. The molecule has 1 saturated carbocycles. The van der Waals surface area contributed by atoms with Gasteiger partial charge in [-0.15, -0.1) is 11.3 Å². The summed E-state index contributed by atoms with van der Waals surface area (Å²) in [6.45, 7) is 0.722. The van der Waals surface area contributed by atoms with Gasteiger partial charge in [-0.1, -0.05) is 12.0 Å². The molecule has 0 radical (unpaired) electrons. The van der Waals surface area contributed by atoms with Crippen LogP contribution in [-0.4, -0.2) is 33.1 Å². The molecule has 1 unspecified atom stereocenters. The van der Waals surface area contributed by atoms with Gasteiger partial charge >= 0.3 is 0 Å². The monoisotopic (exact) mass is 393 g/mol. The summed E-state index contributed by atoms with van der Waals surface area (Å²) in [4.78, 5) is 35.2. The number of rotatable bonds is 2. The molecule has 0 spiro atoms. The molecule has 2 aromatic rings. The van der Waals surface area contributed by atoms with E-state index in [1.807, 2.05) is 28.5 Å². The van der Waals surface area contributed by atoms with Crippen LogP contribution in [0, 0.1) is 17.8 Å². The van der Waals surface area contributed by atoms with Crippen LogP contribution < -0.4 is 0 Å². The number of aromatic nitrogens is 2. The summed E-state index contributed by atoms with van der Waals surface area (Å²) in [6, 6.07) is 5.78. The standard InChI is InChI=1S/C22H23N3O2S/c26-17-10-7-16(8-11-17)9-12-21(27)25-14-4-2-6-20(25)22-24-19(15-28-22)18-5-1-3-13-23-18/h1,3,5,13,15-16,20H,2,4,6-8,10-11,14H2. The molecule has 2 aliphatic rings. The van der Waals surface area contributed by atoms with Crippen LogP contribution in [0.15, 0.2) is 29.8 Å². The van der Waals surface area contributed by atoms with Crippen LogP contribution >= 0.6 is 11.3 Å². The van der Waals surface area contributed by atoms with Crippen LogP contribution in [0.25, 0.3) is 11.4 Å². The van der Waals surface area contributed by atoms with E-state index in [0.717, 1.165) is 55.0 Å². The zero-order valence-corrected chi connectivity index (χ0v) is 16.6. The van der Waals surface area contributed by atoms with Crippen molar-refractivity contribution in [3.8, 4) is 23.2 Å². The summed E-state index contributed by atoms with van der Waals surface area (Å²) in [5.41, 5.74) is 1.71. The van der Waals surface area contributed by atoms with E-state index in [0.29, 0.717) is 18.6 Å². The summed E-state index contributed by atoms with van der Waals surface area (Å²) < 4.78 is 0. The Morgan fingerprint density at radius 2 is 2.00 bits per heavy atom. The predicted octanol–water partition coefficient (Wildman–Crippen LogP) is 4.02. The van der Waals surface area contributed by atoms with Crippen LogP contribution in [0.1, 0.15) is 56.0 Å². The van der Waals surface area contributed by atoms with Crippen molar-refractivity contribution in [2.45, 2.75) is 51.0 Å². The van der Waals surface area contributed by atoms with Gasteiger partial charge in [0.2, 0.25) is 0 Å². The normalized spacial score (nSPS) is 20.5. The Bertz CT molecular complexity index is 903. The third-order valence-electron chi connectivity index (χ3n) is 5.42. The molecule has 6 heteroatoms. The van der Waals surface area contributed by atoms with E-state index in [-0.39, 0.29) is 17.9 Å². The Balaban J connectivity index is 1.48. The molecule has 1 atom stereocenters. The molecule has 0 N–H and O–H groups in total. The van der Waals surface area contributed by atoms with Crippen molar-refractivity contribution in [3.63, 3.8) is 0 Å². The average Bonchev–Trinajstić information content (AvgIpc) is 3.24. The molecule has 1 aliphatic carbocycles. The average molecular weight is 394 g/mol. The zero-order valence-electron chi connectivity index (χ0n) is 15.8. The van der Waals surface area contributed by atoms with Crippen molar-refractivity contribution in [2.24, 2.45) is 5.92 Å². The Labute approximate surface area is 169 Å². The number of hydrogen-bond donors (Lipinski definition) is 0. The fourth-order valence-electron chi connectivity index (χ4n) is 3.82. The van der Waals surface area contributed by atoms with Gasteiger partial charge in [-0.05, 0) is 50.2 Å². The number of thiazole rings is 1. The predicted molar refractivity (Wildman–Crippen MR) is 108 cm³/mol. The second-order valence-electron chi connectivity index (χ2n) is 7.38. The third kappa shape index (κ3) is 4.31. The molecule has 1 amide bonds. The van der Waals surface area contributed by atoms with Gasteiger partial charge in [0, 0.05) is 36.9 Å². The minimum Gasteiger partial charge on any atom is -0.322 e. The van der Waals surface area contributed by atoms with Crippen LogP contribution in [-0.2, 0) is 9.59 Å². The molecule has 1 saturated heterocycles. The molecule has 2 fully saturated rings. The minimum absolute atomic E-state index is 0.00838. The lowest BCUT2D eigenvalue weighted by Crippen LogP contribution is -2.37.